The number of hydrogen-bond acceptors (Lipinski definition) is 3. The molecule has 0 aliphatic carbocycles. The molecule has 0 fully saturated rings. The molecular formula is C12H16N2O2. The van der Waals surface area contributed by atoms with Crippen LogP contribution in [-0.2, 0) is 13.0 Å². The first kappa shape index (κ1) is 11.0. The number of benzene rings is 1. The van der Waals surface area contributed by atoms with Crippen LogP contribution in [0.3, 0.4) is 0 Å². The molecule has 0 aliphatic heterocycles. The van der Waals surface area contributed by atoms with Gasteiger partial charge in [0.25, 0.3) is 0 Å². The highest BCUT2D eigenvalue weighted by Gasteiger charge is 2.08. The van der Waals surface area contributed by atoms with Crippen molar-refractivity contribution in [3.8, 4) is 0 Å². The minimum absolute atomic E-state index is 0.117. The molecule has 1 unspecified atom stereocenters. The maximum absolute atomic E-state index is 11.5. The summed E-state index contributed by atoms with van der Waals surface area (Å²) < 4.78 is 6.75. The van der Waals surface area contributed by atoms with Crippen molar-refractivity contribution in [1.29, 1.82) is 0 Å². The van der Waals surface area contributed by atoms with Gasteiger partial charge in [-0.25, -0.2) is 4.79 Å². The van der Waals surface area contributed by atoms with E-state index in [0.717, 1.165) is 17.5 Å². The summed E-state index contributed by atoms with van der Waals surface area (Å²) in [7, 11) is 0. The van der Waals surface area contributed by atoms with Crippen molar-refractivity contribution < 1.29 is 4.42 Å². The Morgan fingerprint density at radius 1 is 1.50 bits per heavy atom. The molecule has 4 nitrogen and oxygen atoms in total. The average molecular weight is 220 g/mol. The topological polar surface area (TPSA) is 61.2 Å². The molecule has 1 aromatic carbocycles. The van der Waals surface area contributed by atoms with Crippen LogP contribution in [0.15, 0.2) is 27.4 Å². The van der Waals surface area contributed by atoms with Crippen molar-refractivity contribution in [3.63, 3.8) is 0 Å². The van der Waals surface area contributed by atoms with Gasteiger partial charge >= 0.3 is 5.76 Å². The number of fused-ring (bicyclic) bond motifs is 1. The van der Waals surface area contributed by atoms with Crippen LogP contribution in [0, 0.1) is 0 Å². The molecule has 0 saturated heterocycles. The Kier molecular flexibility index (Phi) is 2.83. The van der Waals surface area contributed by atoms with Crippen molar-refractivity contribution in [1.82, 2.24) is 4.57 Å². The molecule has 1 atom stereocenters. The van der Waals surface area contributed by atoms with E-state index in [1.54, 1.807) is 4.57 Å². The monoisotopic (exact) mass is 220 g/mol. The Morgan fingerprint density at radius 3 is 2.88 bits per heavy atom. The van der Waals surface area contributed by atoms with Gasteiger partial charge in [-0.2, -0.15) is 0 Å². The quantitative estimate of drug-likeness (QED) is 0.852. The SMILES string of the molecule is CCn1c(=O)oc2ccc(CC(C)N)cc21. The molecule has 2 aromatic rings. The molecule has 0 radical (unpaired) electrons. The van der Waals surface area contributed by atoms with Crippen molar-refractivity contribution in [2.24, 2.45) is 5.73 Å². The molecule has 0 saturated carbocycles. The Morgan fingerprint density at radius 2 is 2.25 bits per heavy atom. The lowest BCUT2D eigenvalue weighted by Crippen LogP contribution is -2.17. The largest absolute Gasteiger partial charge is 0.419 e. The van der Waals surface area contributed by atoms with E-state index in [1.165, 1.54) is 0 Å². The molecule has 1 aromatic heterocycles. The summed E-state index contributed by atoms with van der Waals surface area (Å²) in [5.74, 6) is -0.296. The molecule has 16 heavy (non-hydrogen) atoms. The van der Waals surface area contributed by atoms with Gasteiger partial charge in [-0.15, -0.1) is 0 Å². The van der Waals surface area contributed by atoms with E-state index < -0.39 is 0 Å². The van der Waals surface area contributed by atoms with Crippen LogP contribution in [0.25, 0.3) is 11.1 Å². The van der Waals surface area contributed by atoms with Gasteiger partial charge < -0.3 is 10.2 Å². The first-order valence-electron chi connectivity index (χ1n) is 5.49. The Bertz CT molecular complexity index is 552. The van der Waals surface area contributed by atoms with Gasteiger partial charge in [-0.1, -0.05) is 6.07 Å². The lowest BCUT2D eigenvalue weighted by Gasteiger charge is -2.05. The van der Waals surface area contributed by atoms with Crippen molar-refractivity contribution in [3.05, 3.63) is 34.3 Å². The fourth-order valence-electron chi connectivity index (χ4n) is 1.91. The summed E-state index contributed by atoms with van der Waals surface area (Å²) in [4.78, 5) is 11.5. The van der Waals surface area contributed by atoms with Crippen LogP contribution in [0.5, 0.6) is 0 Å². The number of nitrogens with zero attached hydrogens (tertiary/aromatic N) is 1. The fraction of sp³-hybridized carbons (Fsp3) is 0.417. The highest BCUT2D eigenvalue weighted by Crippen LogP contribution is 2.15. The van der Waals surface area contributed by atoms with Gasteiger partial charge in [0.15, 0.2) is 5.58 Å². The summed E-state index contributed by atoms with van der Waals surface area (Å²) >= 11 is 0. The molecular weight excluding hydrogens is 204 g/mol. The molecule has 1 heterocycles. The van der Waals surface area contributed by atoms with Gasteiger partial charge in [0.1, 0.15) is 0 Å². The third-order valence-electron chi connectivity index (χ3n) is 2.61. The van der Waals surface area contributed by atoms with Crippen molar-refractivity contribution in [2.75, 3.05) is 0 Å². The Labute approximate surface area is 93.7 Å². The first-order valence-corrected chi connectivity index (χ1v) is 5.49. The predicted octanol–water partition coefficient (Wildman–Crippen LogP) is 1.50. The summed E-state index contributed by atoms with van der Waals surface area (Å²) in [5.41, 5.74) is 8.37. The zero-order valence-corrected chi connectivity index (χ0v) is 9.56. The molecule has 0 amide bonds. The highest BCUT2D eigenvalue weighted by atomic mass is 16.4. The third kappa shape index (κ3) is 1.88. The van der Waals surface area contributed by atoms with E-state index >= 15 is 0 Å². The van der Waals surface area contributed by atoms with Gasteiger partial charge in [-0.3, -0.25) is 4.57 Å². The van der Waals surface area contributed by atoms with E-state index in [2.05, 4.69) is 0 Å². The number of rotatable bonds is 3. The summed E-state index contributed by atoms with van der Waals surface area (Å²) in [6.45, 7) is 4.51. The van der Waals surface area contributed by atoms with Crippen LogP contribution in [-0.4, -0.2) is 10.6 Å². The Balaban J connectivity index is 2.55. The molecule has 4 heteroatoms. The maximum Gasteiger partial charge on any atom is 0.419 e. The molecule has 2 rings (SSSR count). The third-order valence-corrected chi connectivity index (χ3v) is 2.61. The number of oxazole rings is 1. The molecule has 0 bridgehead atoms. The van der Waals surface area contributed by atoms with E-state index in [1.807, 2.05) is 32.0 Å². The summed E-state index contributed by atoms with van der Waals surface area (Å²) in [6, 6.07) is 5.88. The standard InChI is InChI=1S/C12H16N2O2/c1-3-14-10-7-9(6-8(2)13)4-5-11(10)16-12(14)15/h4-5,7-8H,3,6,13H2,1-2H3. The molecule has 0 spiro atoms. The minimum Gasteiger partial charge on any atom is -0.408 e. The van der Waals surface area contributed by atoms with Gasteiger partial charge in [-0.05, 0) is 38.0 Å². The average Bonchev–Trinajstić information content (AvgIpc) is 2.52. The minimum atomic E-state index is -0.296. The van der Waals surface area contributed by atoms with Crippen LogP contribution >= 0.6 is 0 Å². The van der Waals surface area contributed by atoms with E-state index in [0.29, 0.717) is 12.1 Å². The number of aromatic nitrogens is 1. The highest BCUT2D eigenvalue weighted by molar-refractivity contribution is 5.73. The van der Waals surface area contributed by atoms with Crippen LogP contribution in [0.4, 0.5) is 0 Å². The second kappa shape index (κ2) is 4.14. The van der Waals surface area contributed by atoms with Gasteiger partial charge in [0.05, 0.1) is 5.52 Å². The van der Waals surface area contributed by atoms with Crippen LogP contribution in [0.2, 0.25) is 0 Å². The maximum atomic E-state index is 11.5. The summed E-state index contributed by atoms with van der Waals surface area (Å²) in [5, 5.41) is 0. The lowest BCUT2D eigenvalue weighted by atomic mass is 10.1. The number of hydrogen-bond donors (Lipinski definition) is 1. The first-order chi connectivity index (χ1) is 7.61. The van der Waals surface area contributed by atoms with Crippen LogP contribution in [0.1, 0.15) is 19.4 Å². The smallest absolute Gasteiger partial charge is 0.408 e. The van der Waals surface area contributed by atoms with E-state index in [9.17, 15) is 4.79 Å². The van der Waals surface area contributed by atoms with Crippen molar-refractivity contribution in [2.45, 2.75) is 32.9 Å². The lowest BCUT2D eigenvalue weighted by molar-refractivity contribution is 0.513. The predicted molar refractivity (Wildman–Crippen MR) is 63.5 cm³/mol. The molecule has 86 valence electrons. The van der Waals surface area contributed by atoms with E-state index in [-0.39, 0.29) is 11.8 Å². The normalized spacial score (nSPS) is 13.2. The molecule has 0 aliphatic rings. The van der Waals surface area contributed by atoms with Crippen LogP contribution < -0.4 is 11.5 Å². The zero-order valence-electron chi connectivity index (χ0n) is 9.56. The molecule has 2 N–H and O–H groups in total. The second-order valence-electron chi connectivity index (χ2n) is 4.10. The van der Waals surface area contributed by atoms with E-state index in [4.69, 9.17) is 10.2 Å². The fourth-order valence-corrected chi connectivity index (χ4v) is 1.91. The van der Waals surface area contributed by atoms with Gasteiger partial charge in [0.2, 0.25) is 0 Å². The summed E-state index contributed by atoms with van der Waals surface area (Å²) in [6.07, 6.45) is 0.805. The van der Waals surface area contributed by atoms with Gasteiger partial charge in [0, 0.05) is 12.6 Å². The number of aryl methyl sites for hydroxylation is 1. The Hall–Kier alpha value is -1.55. The number of nitrogens with two attached hydrogens (primary N) is 1. The van der Waals surface area contributed by atoms with Crippen molar-refractivity contribution >= 4 is 11.1 Å². The zero-order chi connectivity index (χ0) is 11.7. The second-order valence-corrected chi connectivity index (χ2v) is 4.10.